The molecule has 0 amide bonds. The molecule has 8 nitrogen and oxygen atoms in total. The van der Waals surface area contributed by atoms with Gasteiger partial charge < -0.3 is 34.6 Å². The van der Waals surface area contributed by atoms with E-state index in [1.807, 2.05) is 0 Å². The summed E-state index contributed by atoms with van der Waals surface area (Å²) in [7, 11) is 0. The van der Waals surface area contributed by atoms with E-state index in [0.29, 0.717) is 5.56 Å². The average Bonchev–Trinajstić information content (AvgIpc) is 2.74. The van der Waals surface area contributed by atoms with E-state index in [4.69, 9.17) is 14.2 Å². The van der Waals surface area contributed by atoms with Crippen molar-refractivity contribution in [3.63, 3.8) is 0 Å². The zero-order valence-electron chi connectivity index (χ0n) is 14.9. The molecule has 5 atom stereocenters. The normalized spacial score (nSPS) is 27.2. The Kier molecular flexibility index (Phi) is 6.61. The van der Waals surface area contributed by atoms with Gasteiger partial charge >= 0.3 is 5.97 Å². The molecule has 0 bridgehead atoms. The zero-order chi connectivity index (χ0) is 20.1. The summed E-state index contributed by atoms with van der Waals surface area (Å²) >= 11 is 0. The lowest BCUT2D eigenvalue weighted by Gasteiger charge is -2.41. The third kappa shape index (κ3) is 4.32. The Bertz CT molecular complexity index is 781. The van der Waals surface area contributed by atoms with E-state index in [9.17, 15) is 25.2 Å². The minimum absolute atomic E-state index is 0.253. The number of carbonyl (C=O) groups excluding carboxylic acids is 1. The topological polar surface area (TPSA) is 126 Å². The number of aliphatic hydroxyl groups excluding tert-OH is 4. The van der Waals surface area contributed by atoms with E-state index < -0.39 is 43.3 Å². The van der Waals surface area contributed by atoms with Crippen molar-refractivity contribution in [1.82, 2.24) is 0 Å². The Morgan fingerprint density at radius 2 is 1.64 bits per heavy atom. The molecule has 8 heteroatoms. The van der Waals surface area contributed by atoms with Gasteiger partial charge in [-0.3, -0.25) is 0 Å². The fraction of sp³-hybridized carbons (Fsp3) is 0.350. The molecular formula is C20H22O8. The van der Waals surface area contributed by atoms with Gasteiger partial charge in [-0.15, -0.1) is 0 Å². The van der Waals surface area contributed by atoms with Crippen LogP contribution in [0.15, 0.2) is 54.6 Å². The van der Waals surface area contributed by atoms with Crippen LogP contribution in [0, 0.1) is 0 Å². The molecule has 1 heterocycles. The van der Waals surface area contributed by atoms with Crippen LogP contribution < -0.4 is 4.74 Å². The van der Waals surface area contributed by atoms with Gasteiger partial charge in [0.1, 0.15) is 24.1 Å². The lowest BCUT2D eigenvalue weighted by molar-refractivity contribution is -0.276. The standard InChI is InChI=1S/C20H22O8/c21-10-13-8-4-5-9-14(13)26-20-18(17(24)16(23)15(11-22)27-20)28-19(25)12-6-2-1-3-7-12/h1-9,15-18,20-24H,10-11H2/t15-,16-,17+,18-,20-/m1/s1. The number of hydrogen-bond acceptors (Lipinski definition) is 8. The second-order valence-electron chi connectivity index (χ2n) is 6.33. The number of benzene rings is 2. The monoisotopic (exact) mass is 390 g/mol. The van der Waals surface area contributed by atoms with Crippen molar-refractivity contribution >= 4 is 5.97 Å². The van der Waals surface area contributed by atoms with Crippen molar-refractivity contribution in [3.8, 4) is 5.75 Å². The number of aliphatic hydroxyl groups is 4. The van der Waals surface area contributed by atoms with Gasteiger partial charge in [-0.25, -0.2) is 4.79 Å². The van der Waals surface area contributed by atoms with Gasteiger partial charge in [-0.05, 0) is 18.2 Å². The van der Waals surface area contributed by atoms with Crippen LogP contribution in [0.3, 0.4) is 0 Å². The molecule has 150 valence electrons. The fourth-order valence-electron chi connectivity index (χ4n) is 2.92. The molecule has 2 aromatic carbocycles. The maximum absolute atomic E-state index is 12.4. The Balaban J connectivity index is 1.85. The minimum atomic E-state index is -1.55. The quantitative estimate of drug-likeness (QED) is 0.516. The molecule has 28 heavy (non-hydrogen) atoms. The van der Waals surface area contributed by atoms with Gasteiger partial charge in [-0.2, -0.15) is 0 Å². The molecule has 1 fully saturated rings. The van der Waals surface area contributed by atoms with Crippen molar-refractivity contribution in [2.24, 2.45) is 0 Å². The van der Waals surface area contributed by atoms with Crippen molar-refractivity contribution < 1.29 is 39.4 Å². The van der Waals surface area contributed by atoms with E-state index in [-0.39, 0.29) is 17.9 Å². The number of carbonyl (C=O) groups is 1. The SMILES string of the molecule is O=C(O[C@H]1[C@H](Oc2ccccc2CO)O[C@H](CO)[C@@H](O)[C@@H]1O)c1ccccc1. The van der Waals surface area contributed by atoms with Crippen LogP contribution in [0.5, 0.6) is 5.75 Å². The summed E-state index contributed by atoms with van der Waals surface area (Å²) < 4.78 is 16.6. The van der Waals surface area contributed by atoms with Gasteiger partial charge in [0.2, 0.25) is 6.29 Å². The molecule has 2 aromatic rings. The zero-order valence-corrected chi connectivity index (χ0v) is 14.9. The number of hydrogen-bond donors (Lipinski definition) is 4. The third-order valence-electron chi connectivity index (χ3n) is 4.46. The van der Waals surface area contributed by atoms with Crippen molar-refractivity contribution in [2.45, 2.75) is 37.3 Å². The highest BCUT2D eigenvalue weighted by Crippen LogP contribution is 2.28. The molecule has 0 radical (unpaired) electrons. The van der Waals surface area contributed by atoms with Crippen LogP contribution in [-0.2, 0) is 16.1 Å². The summed E-state index contributed by atoms with van der Waals surface area (Å²) in [5.74, 6) is -0.469. The van der Waals surface area contributed by atoms with Gasteiger partial charge in [0.25, 0.3) is 0 Å². The Morgan fingerprint density at radius 3 is 2.32 bits per heavy atom. The lowest BCUT2D eigenvalue weighted by atomic mass is 9.99. The maximum atomic E-state index is 12.4. The number of esters is 1. The predicted octanol–water partition coefficient (Wildman–Crippen LogP) is 0.222. The summed E-state index contributed by atoms with van der Waals surface area (Å²) in [4.78, 5) is 12.4. The summed E-state index contributed by atoms with van der Waals surface area (Å²) in [6, 6.07) is 14.7. The first kappa shape index (κ1) is 20.2. The lowest BCUT2D eigenvalue weighted by Crippen LogP contribution is -2.61. The van der Waals surface area contributed by atoms with Gasteiger partial charge in [0.15, 0.2) is 6.10 Å². The third-order valence-corrected chi connectivity index (χ3v) is 4.46. The summed E-state index contributed by atoms with van der Waals surface area (Å²) in [5.41, 5.74) is 0.711. The van der Waals surface area contributed by atoms with Crippen LogP contribution in [0.2, 0.25) is 0 Å². The average molecular weight is 390 g/mol. The van der Waals surface area contributed by atoms with E-state index in [1.165, 1.54) is 0 Å². The van der Waals surface area contributed by atoms with Crippen LogP contribution in [0.4, 0.5) is 0 Å². The molecule has 0 spiro atoms. The van der Waals surface area contributed by atoms with Gasteiger partial charge in [0, 0.05) is 5.56 Å². The first-order valence-corrected chi connectivity index (χ1v) is 8.79. The maximum Gasteiger partial charge on any atom is 0.338 e. The summed E-state index contributed by atoms with van der Waals surface area (Å²) in [5, 5.41) is 39.5. The molecule has 0 aliphatic carbocycles. The second-order valence-corrected chi connectivity index (χ2v) is 6.33. The van der Waals surface area contributed by atoms with Crippen LogP contribution in [0.1, 0.15) is 15.9 Å². The highest BCUT2D eigenvalue weighted by molar-refractivity contribution is 5.89. The number of para-hydroxylation sites is 1. The van der Waals surface area contributed by atoms with Crippen molar-refractivity contribution in [2.75, 3.05) is 6.61 Å². The highest BCUT2D eigenvalue weighted by Gasteiger charge is 2.48. The van der Waals surface area contributed by atoms with E-state index in [0.717, 1.165) is 0 Å². The molecule has 1 saturated heterocycles. The highest BCUT2D eigenvalue weighted by atomic mass is 16.7. The molecule has 0 unspecified atom stereocenters. The fourth-order valence-corrected chi connectivity index (χ4v) is 2.92. The molecule has 0 saturated carbocycles. The molecule has 4 N–H and O–H groups in total. The summed E-state index contributed by atoms with van der Waals surface area (Å²) in [6.07, 6.45) is -6.84. The van der Waals surface area contributed by atoms with E-state index in [2.05, 4.69) is 0 Å². The molecule has 0 aromatic heterocycles. The minimum Gasteiger partial charge on any atom is -0.460 e. The Hall–Kier alpha value is -2.49. The summed E-state index contributed by atoms with van der Waals surface area (Å²) in [6.45, 7) is -0.870. The van der Waals surface area contributed by atoms with E-state index >= 15 is 0 Å². The number of ether oxygens (including phenoxy) is 3. The largest absolute Gasteiger partial charge is 0.460 e. The van der Waals surface area contributed by atoms with Crippen LogP contribution in [0.25, 0.3) is 0 Å². The Labute approximate surface area is 161 Å². The van der Waals surface area contributed by atoms with Crippen molar-refractivity contribution in [1.29, 1.82) is 0 Å². The number of rotatable bonds is 6. The smallest absolute Gasteiger partial charge is 0.338 e. The molecular weight excluding hydrogens is 368 g/mol. The Morgan fingerprint density at radius 1 is 0.964 bits per heavy atom. The first-order valence-electron chi connectivity index (χ1n) is 8.79. The predicted molar refractivity (Wildman–Crippen MR) is 96.4 cm³/mol. The van der Waals surface area contributed by atoms with Crippen LogP contribution >= 0.6 is 0 Å². The first-order chi connectivity index (χ1) is 13.5. The van der Waals surface area contributed by atoms with Crippen molar-refractivity contribution in [3.05, 3.63) is 65.7 Å². The molecule has 1 aliphatic rings. The molecule has 3 rings (SSSR count). The van der Waals surface area contributed by atoms with Crippen LogP contribution in [-0.4, -0.2) is 63.7 Å². The van der Waals surface area contributed by atoms with Gasteiger partial charge in [-0.1, -0.05) is 36.4 Å². The second kappa shape index (κ2) is 9.13. The molecule has 1 aliphatic heterocycles. The van der Waals surface area contributed by atoms with Gasteiger partial charge in [0.05, 0.1) is 18.8 Å². The van der Waals surface area contributed by atoms with E-state index in [1.54, 1.807) is 54.6 Å².